The molecule has 0 spiro atoms. The molecule has 84 valence electrons. The summed E-state index contributed by atoms with van der Waals surface area (Å²) in [6.07, 6.45) is 1.89. The zero-order valence-corrected chi connectivity index (χ0v) is 10.7. The average molecular weight is 232 g/mol. The number of hydrogen-bond donors (Lipinski definition) is 0. The van der Waals surface area contributed by atoms with E-state index in [4.69, 9.17) is 0 Å². The maximum Gasteiger partial charge on any atom is 0.122 e. The van der Waals surface area contributed by atoms with Crippen LogP contribution in [0.5, 0.6) is 0 Å². The van der Waals surface area contributed by atoms with E-state index in [1.165, 1.54) is 10.6 Å². The normalized spacial score (nSPS) is 11.0. The fourth-order valence-electron chi connectivity index (χ4n) is 1.75. The first-order chi connectivity index (χ1) is 7.68. The Morgan fingerprint density at radius 3 is 2.50 bits per heavy atom. The van der Waals surface area contributed by atoms with Gasteiger partial charge in [0.05, 0.1) is 12.0 Å². The SMILES string of the molecule is CC(C)c1c(Sc2ccccc2)ncn1C. The van der Waals surface area contributed by atoms with Crippen molar-refractivity contribution < 1.29 is 0 Å². The Bertz CT molecular complexity index is 460. The van der Waals surface area contributed by atoms with Gasteiger partial charge in [0.2, 0.25) is 0 Å². The minimum absolute atomic E-state index is 0.499. The highest BCUT2D eigenvalue weighted by atomic mass is 32.2. The van der Waals surface area contributed by atoms with Crippen LogP contribution in [0.25, 0.3) is 0 Å². The molecule has 1 heterocycles. The summed E-state index contributed by atoms with van der Waals surface area (Å²) < 4.78 is 2.11. The summed E-state index contributed by atoms with van der Waals surface area (Å²) in [6, 6.07) is 10.4. The minimum atomic E-state index is 0.499. The second-order valence-corrected chi connectivity index (χ2v) is 5.18. The molecule has 2 rings (SSSR count). The van der Waals surface area contributed by atoms with Crippen LogP contribution in [0, 0.1) is 0 Å². The first kappa shape index (κ1) is 11.3. The lowest BCUT2D eigenvalue weighted by Gasteiger charge is -2.08. The van der Waals surface area contributed by atoms with Crippen molar-refractivity contribution in [2.45, 2.75) is 29.7 Å². The van der Waals surface area contributed by atoms with Crippen LogP contribution in [0.1, 0.15) is 25.5 Å². The first-order valence-corrected chi connectivity index (χ1v) is 6.24. The third kappa shape index (κ3) is 2.30. The molecule has 1 aromatic heterocycles. The third-order valence-corrected chi connectivity index (χ3v) is 3.47. The number of imidazole rings is 1. The van der Waals surface area contributed by atoms with E-state index in [1.807, 2.05) is 12.4 Å². The van der Waals surface area contributed by atoms with Crippen LogP contribution in [0.3, 0.4) is 0 Å². The molecule has 0 unspecified atom stereocenters. The highest BCUT2D eigenvalue weighted by Gasteiger charge is 2.13. The van der Waals surface area contributed by atoms with Gasteiger partial charge in [-0.15, -0.1) is 0 Å². The molecule has 0 fully saturated rings. The van der Waals surface area contributed by atoms with E-state index in [0.717, 1.165) is 5.03 Å². The van der Waals surface area contributed by atoms with Crippen molar-refractivity contribution in [2.24, 2.45) is 7.05 Å². The molecule has 2 aromatic rings. The standard InChI is InChI=1S/C13H16N2S/c1-10(2)12-13(14-9-15(12)3)16-11-7-5-4-6-8-11/h4-10H,1-3H3. The Morgan fingerprint density at radius 2 is 1.88 bits per heavy atom. The lowest BCUT2D eigenvalue weighted by Crippen LogP contribution is -1.98. The Hall–Kier alpha value is -1.22. The summed E-state index contributed by atoms with van der Waals surface area (Å²) in [5.41, 5.74) is 1.30. The van der Waals surface area contributed by atoms with Gasteiger partial charge in [-0.25, -0.2) is 4.98 Å². The molecule has 1 aromatic carbocycles. The summed E-state index contributed by atoms with van der Waals surface area (Å²) in [4.78, 5) is 5.70. The van der Waals surface area contributed by atoms with Gasteiger partial charge in [-0.1, -0.05) is 43.8 Å². The second-order valence-electron chi connectivity index (χ2n) is 4.12. The predicted molar refractivity (Wildman–Crippen MR) is 67.9 cm³/mol. The lowest BCUT2D eigenvalue weighted by molar-refractivity contribution is 0.724. The highest BCUT2D eigenvalue weighted by Crippen LogP contribution is 2.32. The molecular weight excluding hydrogens is 216 g/mol. The molecule has 0 N–H and O–H groups in total. The summed E-state index contributed by atoms with van der Waals surface area (Å²) in [6.45, 7) is 4.40. The van der Waals surface area contributed by atoms with Crippen LogP contribution in [0.15, 0.2) is 46.6 Å². The fraction of sp³-hybridized carbons (Fsp3) is 0.308. The third-order valence-electron chi connectivity index (χ3n) is 2.45. The molecule has 0 atom stereocenters. The molecule has 3 heteroatoms. The van der Waals surface area contributed by atoms with Crippen molar-refractivity contribution in [3.8, 4) is 0 Å². The van der Waals surface area contributed by atoms with Gasteiger partial charge >= 0.3 is 0 Å². The van der Waals surface area contributed by atoms with Gasteiger partial charge in [0.25, 0.3) is 0 Å². The molecule has 16 heavy (non-hydrogen) atoms. The van der Waals surface area contributed by atoms with Crippen molar-refractivity contribution in [1.29, 1.82) is 0 Å². The van der Waals surface area contributed by atoms with E-state index in [0.29, 0.717) is 5.92 Å². The van der Waals surface area contributed by atoms with Crippen LogP contribution in [-0.2, 0) is 7.05 Å². The van der Waals surface area contributed by atoms with Gasteiger partial charge in [0.1, 0.15) is 5.03 Å². The number of benzene rings is 1. The largest absolute Gasteiger partial charge is 0.336 e. The number of aromatic nitrogens is 2. The zero-order valence-electron chi connectivity index (χ0n) is 9.84. The van der Waals surface area contributed by atoms with Gasteiger partial charge in [0, 0.05) is 11.9 Å². The van der Waals surface area contributed by atoms with Crippen LogP contribution >= 0.6 is 11.8 Å². The number of nitrogens with zero attached hydrogens (tertiary/aromatic N) is 2. The monoisotopic (exact) mass is 232 g/mol. The number of hydrogen-bond acceptors (Lipinski definition) is 2. The van der Waals surface area contributed by atoms with E-state index < -0.39 is 0 Å². The predicted octanol–water partition coefficient (Wildman–Crippen LogP) is 3.69. The molecule has 0 saturated heterocycles. The van der Waals surface area contributed by atoms with E-state index in [-0.39, 0.29) is 0 Å². The summed E-state index contributed by atoms with van der Waals surface area (Å²) in [5, 5.41) is 1.11. The molecule has 0 bridgehead atoms. The van der Waals surface area contributed by atoms with E-state index in [2.05, 4.69) is 54.7 Å². The smallest absolute Gasteiger partial charge is 0.122 e. The highest BCUT2D eigenvalue weighted by molar-refractivity contribution is 7.99. The summed E-state index contributed by atoms with van der Waals surface area (Å²) in [7, 11) is 2.05. The molecular formula is C13H16N2S. The van der Waals surface area contributed by atoms with Gasteiger partial charge in [-0.3, -0.25) is 0 Å². The van der Waals surface area contributed by atoms with Gasteiger partial charge in [-0.2, -0.15) is 0 Å². The fourth-order valence-corrected chi connectivity index (χ4v) is 2.85. The Balaban J connectivity index is 2.29. The van der Waals surface area contributed by atoms with Crippen LogP contribution in [0.4, 0.5) is 0 Å². The van der Waals surface area contributed by atoms with Crippen molar-refractivity contribution >= 4 is 11.8 Å². The Labute approximate surface area is 101 Å². The van der Waals surface area contributed by atoms with Crippen LogP contribution in [-0.4, -0.2) is 9.55 Å². The van der Waals surface area contributed by atoms with Gasteiger partial charge in [0.15, 0.2) is 0 Å². The summed E-state index contributed by atoms with van der Waals surface area (Å²) in [5.74, 6) is 0.499. The number of aryl methyl sites for hydroxylation is 1. The minimum Gasteiger partial charge on any atom is -0.336 e. The summed E-state index contributed by atoms with van der Waals surface area (Å²) >= 11 is 1.73. The lowest BCUT2D eigenvalue weighted by atomic mass is 10.1. The average Bonchev–Trinajstić information content (AvgIpc) is 2.61. The zero-order chi connectivity index (χ0) is 11.5. The van der Waals surface area contributed by atoms with Crippen molar-refractivity contribution in [1.82, 2.24) is 9.55 Å². The van der Waals surface area contributed by atoms with Crippen molar-refractivity contribution in [2.75, 3.05) is 0 Å². The first-order valence-electron chi connectivity index (χ1n) is 5.42. The van der Waals surface area contributed by atoms with E-state index in [9.17, 15) is 0 Å². The quantitative estimate of drug-likeness (QED) is 0.803. The van der Waals surface area contributed by atoms with Crippen molar-refractivity contribution in [3.05, 3.63) is 42.4 Å². The molecule has 0 aliphatic rings. The number of rotatable bonds is 3. The molecule has 0 radical (unpaired) electrons. The Kier molecular flexibility index (Phi) is 3.34. The molecule has 0 aliphatic heterocycles. The van der Waals surface area contributed by atoms with E-state index in [1.54, 1.807) is 11.8 Å². The molecule has 0 saturated carbocycles. The van der Waals surface area contributed by atoms with Gasteiger partial charge in [-0.05, 0) is 18.1 Å². The van der Waals surface area contributed by atoms with Crippen LogP contribution < -0.4 is 0 Å². The Morgan fingerprint density at radius 1 is 1.19 bits per heavy atom. The molecule has 0 aliphatic carbocycles. The van der Waals surface area contributed by atoms with Gasteiger partial charge < -0.3 is 4.57 Å². The van der Waals surface area contributed by atoms with Crippen molar-refractivity contribution in [3.63, 3.8) is 0 Å². The second kappa shape index (κ2) is 4.74. The van der Waals surface area contributed by atoms with Crippen LogP contribution in [0.2, 0.25) is 0 Å². The van der Waals surface area contributed by atoms with E-state index >= 15 is 0 Å². The molecule has 2 nitrogen and oxygen atoms in total. The maximum absolute atomic E-state index is 4.46. The molecule has 0 amide bonds. The topological polar surface area (TPSA) is 17.8 Å². The maximum atomic E-state index is 4.46.